The van der Waals surface area contributed by atoms with Crippen LogP contribution in [0.4, 0.5) is 0 Å². The number of carbonyl (C=O) groups excluding carboxylic acids is 1. The summed E-state index contributed by atoms with van der Waals surface area (Å²) in [6, 6.07) is 0.368. The zero-order valence-corrected chi connectivity index (χ0v) is 11.0. The first-order valence-electron chi connectivity index (χ1n) is 6.33. The zero-order valence-electron chi connectivity index (χ0n) is 11.0. The number of fused-ring (bicyclic) bond motifs is 1. The van der Waals surface area contributed by atoms with Gasteiger partial charge in [0, 0.05) is 25.7 Å². The molecule has 0 unspecified atom stereocenters. The van der Waals surface area contributed by atoms with E-state index in [1.807, 2.05) is 18.7 Å². The van der Waals surface area contributed by atoms with Crippen molar-refractivity contribution in [3.05, 3.63) is 11.6 Å². The van der Waals surface area contributed by atoms with Crippen molar-refractivity contribution in [1.82, 2.24) is 9.80 Å². The Bertz CT molecular complexity index is 323. The molecule has 0 radical (unpaired) electrons. The standard InChI is InChI=1S/C13H22N2O2/c1-10(2)8-13(16)15-5-4-12-11(9-15)14(3)6-7-17-12/h8,11-12H,4-7,9H2,1-3H3/t11-,12-/m0/s1. The van der Waals surface area contributed by atoms with Crippen molar-refractivity contribution in [1.29, 1.82) is 0 Å². The number of hydrogen-bond donors (Lipinski definition) is 0. The van der Waals surface area contributed by atoms with Crippen molar-refractivity contribution in [2.45, 2.75) is 32.4 Å². The first-order chi connectivity index (χ1) is 8.08. The second-order valence-electron chi connectivity index (χ2n) is 5.25. The number of carbonyl (C=O) groups is 1. The molecule has 96 valence electrons. The Morgan fingerprint density at radius 1 is 1.35 bits per heavy atom. The molecule has 4 nitrogen and oxygen atoms in total. The summed E-state index contributed by atoms with van der Waals surface area (Å²) in [6.45, 7) is 7.31. The largest absolute Gasteiger partial charge is 0.375 e. The van der Waals surface area contributed by atoms with Crippen LogP contribution in [-0.2, 0) is 9.53 Å². The van der Waals surface area contributed by atoms with Crippen LogP contribution < -0.4 is 0 Å². The highest BCUT2D eigenvalue weighted by Gasteiger charge is 2.36. The maximum absolute atomic E-state index is 12.0. The molecule has 0 spiro atoms. The number of piperidine rings is 1. The van der Waals surface area contributed by atoms with Crippen LogP contribution in [0.5, 0.6) is 0 Å². The molecule has 2 aliphatic heterocycles. The summed E-state index contributed by atoms with van der Waals surface area (Å²) in [6.07, 6.45) is 2.99. The van der Waals surface area contributed by atoms with E-state index in [2.05, 4.69) is 11.9 Å². The van der Waals surface area contributed by atoms with Crippen LogP contribution in [0.15, 0.2) is 11.6 Å². The normalized spacial score (nSPS) is 29.7. The Hall–Kier alpha value is -0.870. The molecular weight excluding hydrogens is 216 g/mol. The molecule has 4 heteroatoms. The van der Waals surface area contributed by atoms with E-state index in [1.54, 1.807) is 6.08 Å². The van der Waals surface area contributed by atoms with Gasteiger partial charge < -0.3 is 9.64 Å². The van der Waals surface area contributed by atoms with Crippen molar-refractivity contribution >= 4 is 5.91 Å². The average molecular weight is 238 g/mol. The van der Waals surface area contributed by atoms with Crippen LogP contribution in [0.1, 0.15) is 20.3 Å². The van der Waals surface area contributed by atoms with Crippen LogP contribution in [-0.4, -0.2) is 61.1 Å². The van der Waals surface area contributed by atoms with Gasteiger partial charge in [-0.2, -0.15) is 0 Å². The zero-order chi connectivity index (χ0) is 12.4. The molecule has 0 aromatic rings. The highest BCUT2D eigenvalue weighted by Crippen LogP contribution is 2.22. The molecule has 0 N–H and O–H groups in total. The van der Waals surface area contributed by atoms with Crippen molar-refractivity contribution in [3.8, 4) is 0 Å². The number of likely N-dealkylation sites (N-methyl/N-ethyl adjacent to an activating group) is 1. The second-order valence-corrected chi connectivity index (χ2v) is 5.25. The van der Waals surface area contributed by atoms with Crippen LogP contribution in [0, 0.1) is 0 Å². The number of rotatable bonds is 1. The molecule has 0 aromatic heterocycles. The van der Waals surface area contributed by atoms with Crippen LogP contribution in [0.3, 0.4) is 0 Å². The van der Waals surface area contributed by atoms with Gasteiger partial charge in [-0.15, -0.1) is 0 Å². The molecule has 2 aliphatic rings. The molecule has 2 rings (SSSR count). The van der Waals surface area contributed by atoms with E-state index in [0.29, 0.717) is 12.1 Å². The van der Waals surface area contributed by atoms with Gasteiger partial charge in [0.15, 0.2) is 0 Å². The SMILES string of the molecule is CC(C)=CC(=O)N1CC[C@@H]2OCCN(C)[C@H]2C1. The molecule has 2 fully saturated rings. The maximum Gasteiger partial charge on any atom is 0.246 e. The molecule has 17 heavy (non-hydrogen) atoms. The average Bonchev–Trinajstić information content (AvgIpc) is 2.28. The van der Waals surface area contributed by atoms with Crippen molar-refractivity contribution in [2.75, 3.05) is 33.3 Å². The lowest BCUT2D eigenvalue weighted by Crippen LogP contribution is -2.59. The first kappa shape index (κ1) is 12.6. The third-order valence-electron chi connectivity index (χ3n) is 3.59. The Balaban J connectivity index is 2.00. The van der Waals surface area contributed by atoms with Gasteiger partial charge in [0.1, 0.15) is 0 Å². The van der Waals surface area contributed by atoms with Crippen LogP contribution >= 0.6 is 0 Å². The quantitative estimate of drug-likeness (QED) is 0.636. The fraction of sp³-hybridized carbons (Fsp3) is 0.769. The second kappa shape index (κ2) is 5.19. The van der Waals surface area contributed by atoms with Gasteiger partial charge in [0.2, 0.25) is 5.91 Å². The summed E-state index contributed by atoms with van der Waals surface area (Å²) in [5.74, 6) is 0.141. The number of nitrogens with zero attached hydrogens (tertiary/aromatic N) is 2. The van der Waals surface area contributed by atoms with Crippen molar-refractivity contribution in [3.63, 3.8) is 0 Å². The third kappa shape index (κ3) is 2.87. The number of allylic oxidation sites excluding steroid dienone is 1. The Morgan fingerprint density at radius 2 is 2.12 bits per heavy atom. The van der Waals surface area contributed by atoms with Gasteiger partial charge in [0.25, 0.3) is 0 Å². The van der Waals surface area contributed by atoms with Gasteiger partial charge >= 0.3 is 0 Å². The van der Waals surface area contributed by atoms with Crippen molar-refractivity contribution < 1.29 is 9.53 Å². The molecular formula is C13H22N2O2. The van der Waals surface area contributed by atoms with E-state index in [9.17, 15) is 4.79 Å². The molecule has 2 saturated heterocycles. The highest BCUT2D eigenvalue weighted by molar-refractivity contribution is 5.88. The Morgan fingerprint density at radius 3 is 2.82 bits per heavy atom. The summed E-state index contributed by atoms with van der Waals surface area (Å²) in [5, 5.41) is 0. The summed E-state index contributed by atoms with van der Waals surface area (Å²) >= 11 is 0. The van der Waals surface area contributed by atoms with E-state index < -0.39 is 0 Å². The van der Waals surface area contributed by atoms with Gasteiger partial charge in [-0.05, 0) is 27.3 Å². The minimum atomic E-state index is 0.141. The van der Waals surface area contributed by atoms with E-state index >= 15 is 0 Å². The van der Waals surface area contributed by atoms with Crippen LogP contribution in [0.25, 0.3) is 0 Å². The maximum atomic E-state index is 12.0. The van der Waals surface area contributed by atoms with Gasteiger partial charge in [-0.1, -0.05) is 5.57 Å². The monoisotopic (exact) mass is 238 g/mol. The number of likely N-dealkylation sites (tertiary alicyclic amines) is 1. The van der Waals surface area contributed by atoms with Gasteiger partial charge in [-0.3, -0.25) is 9.69 Å². The number of hydrogen-bond acceptors (Lipinski definition) is 3. The summed E-state index contributed by atoms with van der Waals surface area (Å²) in [4.78, 5) is 16.2. The van der Waals surface area contributed by atoms with E-state index in [4.69, 9.17) is 4.74 Å². The van der Waals surface area contributed by atoms with Crippen LogP contribution in [0.2, 0.25) is 0 Å². The van der Waals surface area contributed by atoms with Crippen molar-refractivity contribution in [2.24, 2.45) is 0 Å². The number of ether oxygens (including phenoxy) is 1. The third-order valence-corrected chi connectivity index (χ3v) is 3.59. The fourth-order valence-electron chi connectivity index (χ4n) is 2.58. The molecule has 1 amide bonds. The minimum Gasteiger partial charge on any atom is -0.375 e. The van der Waals surface area contributed by atoms with E-state index in [-0.39, 0.29) is 5.91 Å². The lowest BCUT2D eigenvalue weighted by molar-refractivity contribution is -0.136. The smallest absolute Gasteiger partial charge is 0.246 e. The molecule has 0 aliphatic carbocycles. The molecule has 0 aromatic carbocycles. The Labute approximate surface area is 103 Å². The topological polar surface area (TPSA) is 32.8 Å². The predicted molar refractivity (Wildman–Crippen MR) is 66.8 cm³/mol. The Kier molecular flexibility index (Phi) is 3.84. The first-order valence-corrected chi connectivity index (χ1v) is 6.33. The summed E-state index contributed by atoms with van der Waals surface area (Å²) in [5.41, 5.74) is 1.06. The molecule has 2 atom stereocenters. The molecule has 0 bridgehead atoms. The summed E-state index contributed by atoms with van der Waals surface area (Å²) in [7, 11) is 2.12. The highest BCUT2D eigenvalue weighted by atomic mass is 16.5. The fourth-order valence-corrected chi connectivity index (χ4v) is 2.58. The van der Waals surface area contributed by atoms with Gasteiger partial charge in [-0.25, -0.2) is 0 Å². The lowest BCUT2D eigenvalue weighted by atomic mass is 9.99. The molecule has 2 heterocycles. The number of amides is 1. The lowest BCUT2D eigenvalue weighted by Gasteiger charge is -2.45. The predicted octanol–water partition coefficient (Wildman–Crippen LogP) is 0.884. The van der Waals surface area contributed by atoms with Gasteiger partial charge in [0.05, 0.1) is 18.8 Å². The number of morpholine rings is 1. The summed E-state index contributed by atoms with van der Waals surface area (Å²) < 4.78 is 5.77. The van der Waals surface area contributed by atoms with E-state index in [0.717, 1.165) is 38.2 Å². The minimum absolute atomic E-state index is 0.141. The molecule has 0 saturated carbocycles. The van der Waals surface area contributed by atoms with E-state index in [1.165, 1.54) is 0 Å².